The highest BCUT2D eigenvalue weighted by Crippen LogP contribution is 2.34. The van der Waals surface area contributed by atoms with E-state index in [1.54, 1.807) is 12.4 Å². The van der Waals surface area contributed by atoms with Gasteiger partial charge in [-0.05, 0) is 26.2 Å². The van der Waals surface area contributed by atoms with E-state index in [0.29, 0.717) is 22.9 Å². The minimum absolute atomic E-state index is 0.331. The van der Waals surface area contributed by atoms with Gasteiger partial charge < -0.3 is 14.5 Å². The van der Waals surface area contributed by atoms with Crippen LogP contribution in [0.15, 0.2) is 12.4 Å². The lowest BCUT2D eigenvalue weighted by Crippen LogP contribution is -2.41. The van der Waals surface area contributed by atoms with Gasteiger partial charge in [-0.25, -0.2) is 24.3 Å². The van der Waals surface area contributed by atoms with Crippen LogP contribution in [0.1, 0.15) is 35.9 Å². The molecule has 4 heterocycles. The molecule has 9 heteroatoms. The molecule has 2 aliphatic rings. The second-order valence-corrected chi connectivity index (χ2v) is 8.28. The summed E-state index contributed by atoms with van der Waals surface area (Å²) >= 11 is 1.39. The largest absolute Gasteiger partial charge is 0.462 e. The SMILES string of the molecule is C=[N+]1CCN(c2cnc(-c3nc(N4CCCCC4)sc3C(=O)OCC)cn2)CC1. The molecule has 154 valence electrons. The quantitative estimate of drug-likeness (QED) is 0.548. The first-order valence-electron chi connectivity index (χ1n) is 10.2. The minimum atomic E-state index is -0.347. The highest BCUT2D eigenvalue weighted by molar-refractivity contribution is 7.17. The smallest absolute Gasteiger partial charge is 0.350 e. The van der Waals surface area contributed by atoms with Gasteiger partial charge in [0.05, 0.1) is 32.1 Å². The van der Waals surface area contributed by atoms with Crippen LogP contribution in [0, 0.1) is 0 Å². The molecule has 2 aromatic rings. The molecule has 8 nitrogen and oxygen atoms in total. The average Bonchev–Trinajstić information content (AvgIpc) is 3.21. The van der Waals surface area contributed by atoms with Gasteiger partial charge in [-0.1, -0.05) is 11.3 Å². The summed E-state index contributed by atoms with van der Waals surface area (Å²) < 4.78 is 7.32. The normalized spacial score (nSPS) is 17.5. The maximum Gasteiger partial charge on any atom is 0.350 e. The number of piperazine rings is 1. The zero-order chi connectivity index (χ0) is 20.2. The Labute approximate surface area is 174 Å². The number of carbonyl (C=O) groups excluding carboxylic acids is 1. The predicted octanol–water partition coefficient (Wildman–Crippen LogP) is 2.30. The van der Waals surface area contributed by atoms with Gasteiger partial charge in [0.1, 0.15) is 28.8 Å². The van der Waals surface area contributed by atoms with Crippen molar-refractivity contribution in [2.24, 2.45) is 0 Å². The number of piperidine rings is 1. The van der Waals surface area contributed by atoms with E-state index in [1.165, 1.54) is 17.8 Å². The van der Waals surface area contributed by atoms with E-state index in [1.807, 2.05) is 6.92 Å². The van der Waals surface area contributed by atoms with E-state index in [9.17, 15) is 4.79 Å². The molecule has 0 spiro atoms. The summed E-state index contributed by atoms with van der Waals surface area (Å²) in [7, 11) is 0. The minimum Gasteiger partial charge on any atom is -0.462 e. The van der Waals surface area contributed by atoms with Crippen molar-refractivity contribution in [3.8, 4) is 11.4 Å². The van der Waals surface area contributed by atoms with Crippen molar-refractivity contribution in [2.75, 3.05) is 55.7 Å². The predicted molar refractivity (Wildman–Crippen MR) is 114 cm³/mol. The molecule has 0 unspecified atom stereocenters. The van der Waals surface area contributed by atoms with Crippen molar-refractivity contribution in [1.82, 2.24) is 15.0 Å². The number of thiazole rings is 1. The van der Waals surface area contributed by atoms with Crippen LogP contribution in [0.4, 0.5) is 10.9 Å². The van der Waals surface area contributed by atoms with Crippen molar-refractivity contribution in [3.05, 3.63) is 17.3 Å². The molecule has 2 aliphatic heterocycles. The molecule has 29 heavy (non-hydrogen) atoms. The Morgan fingerprint density at radius 2 is 1.90 bits per heavy atom. The van der Waals surface area contributed by atoms with Crippen molar-refractivity contribution in [3.63, 3.8) is 0 Å². The average molecular weight is 416 g/mol. The number of nitrogens with zero attached hydrogens (tertiary/aromatic N) is 6. The van der Waals surface area contributed by atoms with E-state index < -0.39 is 0 Å². The fraction of sp³-hybridized carbons (Fsp3) is 0.550. The zero-order valence-electron chi connectivity index (χ0n) is 16.8. The second kappa shape index (κ2) is 8.86. The first kappa shape index (κ1) is 19.8. The Hall–Kier alpha value is -2.55. The summed E-state index contributed by atoms with van der Waals surface area (Å²) in [5, 5.41) is 0.861. The fourth-order valence-corrected chi connectivity index (χ4v) is 4.64. The summed E-state index contributed by atoms with van der Waals surface area (Å²) in [5.41, 5.74) is 1.17. The summed E-state index contributed by atoms with van der Waals surface area (Å²) in [6.07, 6.45) is 7.03. The Balaban J connectivity index is 1.61. The summed E-state index contributed by atoms with van der Waals surface area (Å²) in [5.74, 6) is 0.492. The van der Waals surface area contributed by atoms with Gasteiger partial charge in [0, 0.05) is 13.1 Å². The second-order valence-electron chi connectivity index (χ2n) is 7.31. The summed E-state index contributed by atoms with van der Waals surface area (Å²) in [4.78, 5) is 31.4. The number of hydrogen-bond acceptors (Lipinski definition) is 8. The van der Waals surface area contributed by atoms with E-state index in [2.05, 4.69) is 31.1 Å². The Kier molecular flexibility index (Phi) is 6.03. The van der Waals surface area contributed by atoms with Crippen molar-refractivity contribution in [2.45, 2.75) is 26.2 Å². The van der Waals surface area contributed by atoms with Gasteiger partial charge >= 0.3 is 5.97 Å². The van der Waals surface area contributed by atoms with Gasteiger partial charge in [-0.15, -0.1) is 0 Å². The molecule has 0 aliphatic carbocycles. The third-order valence-electron chi connectivity index (χ3n) is 5.28. The molecular weight excluding hydrogens is 388 g/mol. The molecule has 0 atom stereocenters. The highest BCUT2D eigenvalue weighted by Gasteiger charge is 2.25. The third kappa shape index (κ3) is 4.39. The van der Waals surface area contributed by atoms with E-state index in [-0.39, 0.29) is 5.97 Å². The molecule has 2 aromatic heterocycles. The summed E-state index contributed by atoms with van der Waals surface area (Å²) in [6, 6.07) is 0. The van der Waals surface area contributed by atoms with Crippen LogP contribution >= 0.6 is 11.3 Å². The number of carbonyl (C=O) groups is 1. The lowest BCUT2D eigenvalue weighted by atomic mass is 10.1. The number of anilines is 2. The molecule has 0 saturated carbocycles. The molecule has 4 rings (SSSR count). The Morgan fingerprint density at radius 3 is 2.55 bits per heavy atom. The topological polar surface area (TPSA) is 74.5 Å². The van der Waals surface area contributed by atoms with Crippen molar-refractivity contribution in [1.29, 1.82) is 0 Å². The van der Waals surface area contributed by atoms with Crippen molar-refractivity contribution >= 4 is 35.0 Å². The maximum absolute atomic E-state index is 12.5. The molecule has 2 saturated heterocycles. The first-order valence-corrected chi connectivity index (χ1v) is 11.0. The van der Waals surface area contributed by atoms with Crippen LogP contribution in [-0.2, 0) is 4.74 Å². The van der Waals surface area contributed by atoms with Crippen LogP contribution in [0.2, 0.25) is 0 Å². The number of ether oxygens (including phenoxy) is 1. The van der Waals surface area contributed by atoms with E-state index in [4.69, 9.17) is 9.72 Å². The first-order chi connectivity index (χ1) is 14.2. The molecular formula is C20H27N6O2S+. The van der Waals surface area contributed by atoms with Crippen molar-refractivity contribution < 1.29 is 14.1 Å². The molecule has 0 N–H and O–H groups in total. The van der Waals surface area contributed by atoms with E-state index in [0.717, 1.165) is 63.1 Å². The van der Waals surface area contributed by atoms with Gasteiger partial charge in [0.15, 0.2) is 18.2 Å². The maximum atomic E-state index is 12.5. The third-order valence-corrected chi connectivity index (χ3v) is 6.38. The number of rotatable bonds is 5. The lowest BCUT2D eigenvalue weighted by Gasteiger charge is -2.25. The zero-order valence-corrected chi connectivity index (χ0v) is 17.7. The number of esters is 1. The Bertz CT molecular complexity index is 866. The number of aromatic nitrogens is 3. The van der Waals surface area contributed by atoms with Crippen LogP contribution in [0.25, 0.3) is 11.4 Å². The van der Waals surface area contributed by atoms with Gasteiger partial charge in [-0.2, -0.15) is 0 Å². The molecule has 0 aromatic carbocycles. The standard InChI is InChI=1S/C20H27N6O2S/c1-3-28-19(27)18-17(23-20(29-18)26-7-5-4-6-8-26)15-13-22-16(14-21-15)25-11-9-24(2)10-12-25/h13-14H,2-12H2,1H3/q+1. The van der Waals surface area contributed by atoms with Crippen LogP contribution < -0.4 is 9.80 Å². The number of hydrogen-bond donors (Lipinski definition) is 0. The summed E-state index contributed by atoms with van der Waals surface area (Å²) in [6.45, 7) is 11.6. The molecule has 2 fully saturated rings. The van der Waals surface area contributed by atoms with Gasteiger partial charge in [0.25, 0.3) is 0 Å². The molecule has 0 amide bonds. The lowest BCUT2D eigenvalue weighted by molar-refractivity contribution is -0.521. The van der Waals surface area contributed by atoms with Gasteiger partial charge in [0.2, 0.25) is 0 Å². The van der Waals surface area contributed by atoms with Crippen LogP contribution in [0.3, 0.4) is 0 Å². The van der Waals surface area contributed by atoms with E-state index >= 15 is 0 Å². The highest BCUT2D eigenvalue weighted by atomic mass is 32.1. The Morgan fingerprint density at radius 1 is 1.14 bits per heavy atom. The fourth-order valence-electron chi connectivity index (χ4n) is 3.62. The van der Waals surface area contributed by atoms with Gasteiger partial charge in [-0.3, -0.25) is 0 Å². The monoisotopic (exact) mass is 415 g/mol. The molecule has 0 radical (unpaired) electrons. The van der Waals surface area contributed by atoms with Crippen LogP contribution in [-0.4, -0.2) is 78.1 Å². The van der Waals surface area contributed by atoms with Crippen LogP contribution in [0.5, 0.6) is 0 Å². The molecule has 0 bridgehead atoms.